The lowest BCUT2D eigenvalue weighted by Gasteiger charge is -2.21. The van der Waals surface area contributed by atoms with Gasteiger partial charge in [-0.3, -0.25) is 0 Å². The zero-order valence-corrected chi connectivity index (χ0v) is 12.5. The molecule has 0 spiro atoms. The summed E-state index contributed by atoms with van der Waals surface area (Å²) in [5.41, 5.74) is 0. The first-order chi connectivity index (χ1) is 9.40. The molecule has 1 aromatic rings. The predicted octanol–water partition coefficient (Wildman–Crippen LogP) is 4.10. The highest BCUT2D eigenvalue weighted by molar-refractivity contribution is 7.11. The minimum absolute atomic E-state index is 0.799. The van der Waals surface area contributed by atoms with E-state index < -0.39 is 0 Å². The molecule has 0 amide bonds. The van der Waals surface area contributed by atoms with Gasteiger partial charge in [0.25, 0.3) is 0 Å². The highest BCUT2D eigenvalue weighted by Gasteiger charge is 2.20. The van der Waals surface area contributed by atoms with Gasteiger partial charge in [-0.25, -0.2) is 0 Å². The molecule has 0 radical (unpaired) electrons. The van der Waals surface area contributed by atoms with E-state index in [0.29, 0.717) is 0 Å². The van der Waals surface area contributed by atoms with Gasteiger partial charge in [-0.2, -0.15) is 0 Å². The maximum absolute atomic E-state index is 5.90. The van der Waals surface area contributed by atoms with Crippen molar-refractivity contribution in [1.82, 2.24) is 5.32 Å². The molecule has 0 aromatic carbocycles. The summed E-state index contributed by atoms with van der Waals surface area (Å²) in [4.78, 5) is 2.83. The monoisotopic (exact) mass is 279 g/mol. The molecule has 2 saturated carbocycles. The van der Waals surface area contributed by atoms with Crippen LogP contribution in [0.3, 0.4) is 0 Å². The zero-order chi connectivity index (χ0) is 12.9. The molecule has 3 heteroatoms. The normalized spacial score (nSPS) is 20.8. The molecule has 0 bridgehead atoms. The first-order valence-electron chi connectivity index (χ1n) is 7.79. The molecule has 19 heavy (non-hydrogen) atoms. The van der Waals surface area contributed by atoms with Crippen LogP contribution in [0, 0.1) is 5.92 Å². The van der Waals surface area contributed by atoms with E-state index >= 15 is 0 Å². The minimum atomic E-state index is 0.799. The van der Waals surface area contributed by atoms with Gasteiger partial charge in [0.15, 0.2) is 0 Å². The maximum atomic E-state index is 5.90. The van der Waals surface area contributed by atoms with Gasteiger partial charge in [0, 0.05) is 28.9 Å². The first-order valence-corrected chi connectivity index (χ1v) is 8.60. The average Bonchev–Trinajstić information content (AvgIpc) is 3.17. The van der Waals surface area contributed by atoms with Crippen molar-refractivity contribution in [1.29, 1.82) is 0 Å². The van der Waals surface area contributed by atoms with Crippen molar-refractivity contribution in [3.63, 3.8) is 0 Å². The summed E-state index contributed by atoms with van der Waals surface area (Å²) in [6.07, 6.45) is 9.72. The van der Waals surface area contributed by atoms with E-state index in [4.69, 9.17) is 4.74 Å². The van der Waals surface area contributed by atoms with Gasteiger partial charge in [-0.15, -0.1) is 11.3 Å². The van der Waals surface area contributed by atoms with Crippen LogP contribution in [-0.2, 0) is 17.9 Å². The van der Waals surface area contributed by atoms with Crippen LogP contribution in [0.1, 0.15) is 54.7 Å². The van der Waals surface area contributed by atoms with Crippen molar-refractivity contribution in [2.75, 3.05) is 6.61 Å². The van der Waals surface area contributed by atoms with Crippen LogP contribution >= 0.6 is 11.3 Å². The second-order valence-corrected chi connectivity index (χ2v) is 7.30. The van der Waals surface area contributed by atoms with Gasteiger partial charge >= 0.3 is 0 Å². The van der Waals surface area contributed by atoms with Gasteiger partial charge in [0.05, 0.1) is 6.61 Å². The Bertz CT molecular complexity index is 380. The Kier molecular flexibility index (Phi) is 4.91. The van der Waals surface area contributed by atoms with Crippen LogP contribution in [0.4, 0.5) is 0 Å². The van der Waals surface area contributed by atoms with Crippen molar-refractivity contribution in [2.45, 2.75) is 64.1 Å². The number of thiophene rings is 1. The van der Waals surface area contributed by atoms with Gasteiger partial charge in [-0.1, -0.05) is 19.3 Å². The van der Waals surface area contributed by atoms with E-state index in [9.17, 15) is 0 Å². The molecular weight excluding hydrogens is 254 g/mol. The number of hydrogen-bond acceptors (Lipinski definition) is 3. The van der Waals surface area contributed by atoms with E-state index in [0.717, 1.165) is 31.7 Å². The second-order valence-electron chi connectivity index (χ2n) is 6.04. The molecule has 0 unspecified atom stereocenters. The summed E-state index contributed by atoms with van der Waals surface area (Å²) in [6, 6.07) is 5.28. The quantitative estimate of drug-likeness (QED) is 0.811. The van der Waals surface area contributed by atoms with E-state index in [-0.39, 0.29) is 0 Å². The Morgan fingerprint density at radius 2 is 1.84 bits per heavy atom. The Labute approximate surface area is 120 Å². The summed E-state index contributed by atoms with van der Waals surface area (Å²) in [6.45, 7) is 2.82. The van der Waals surface area contributed by atoms with Crippen LogP contribution in [0.25, 0.3) is 0 Å². The Morgan fingerprint density at radius 1 is 1.05 bits per heavy atom. The zero-order valence-electron chi connectivity index (χ0n) is 11.7. The SMILES string of the molecule is c1cc(COCC2CCCCC2)sc1CNC1CC1. The number of hydrogen-bond donors (Lipinski definition) is 1. The van der Waals surface area contributed by atoms with Crippen molar-refractivity contribution in [3.05, 3.63) is 21.9 Å². The standard InChI is InChI=1S/C16H25NOS/c1-2-4-13(5-3-1)11-18-12-16-9-8-15(19-16)10-17-14-6-7-14/h8-9,13-14,17H,1-7,10-12H2. The van der Waals surface area contributed by atoms with Gasteiger partial charge in [-0.05, 0) is 43.7 Å². The lowest BCUT2D eigenvalue weighted by atomic mass is 9.90. The van der Waals surface area contributed by atoms with Crippen molar-refractivity contribution in [2.24, 2.45) is 5.92 Å². The predicted molar refractivity (Wildman–Crippen MR) is 80.4 cm³/mol. The fourth-order valence-corrected chi connectivity index (χ4v) is 3.71. The summed E-state index contributed by atoms with van der Waals surface area (Å²) in [5.74, 6) is 0.824. The molecule has 0 saturated heterocycles. The average molecular weight is 279 g/mol. The topological polar surface area (TPSA) is 21.3 Å². The van der Waals surface area contributed by atoms with E-state index in [1.54, 1.807) is 0 Å². The molecule has 106 valence electrons. The lowest BCUT2D eigenvalue weighted by Crippen LogP contribution is -2.14. The van der Waals surface area contributed by atoms with Crippen LogP contribution < -0.4 is 5.32 Å². The molecule has 1 N–H and O–H groups in total. The van der Waals surface area contributed by atoms with Crippen molar-refractivity contribution in [3.8, 4) is 0 Å². The third kappa shape index (κ3) is 4.59. The van der Waals surface area contributed by atoms with Gasteiger partial charge in [0.2, 0.25) is 0 Å². The van der Waals surface area contributed by atoms with E-state index in [1.807, 2.05) is 11.3 Å². The molecule has 0 atom stereocenters. The van der Waals surface area contributed by atoms with Crippen LogP contribution in [0.5, 0.6) is 0 Å². The fraction of sp³-hybridized carbons (Fsp3) is 0.750. The summed E-state index contributed by atoms with van der Waals surface area (Å²) in [5, 5.41) is 3.56. The van der Waals surface area contributed by atoms with E-state index in [2.05, 4.69) is 17.4 Å². The third-order valence-electron chi connectivity index (χ3n) is 4.18. The van der Waals surface area contributed by atoms with Crippen LogP contribution in [0.2, 0.25) is 0 Å². The number of nitrogens with one attached hydrogen (secondary N) is 1. The molecule has 0 aliphatic heterocycles. The van der Waals surface area contributed by atoms with Crippen molar-refractivity contribution >= 4 is 11.3 Å². The largest absolute Gasteiger partial charge is 0.376 e. The maximum Gasteiger partial charge on any atom is 0.0809 e. The minimum Gasteiger partial charge on any atom is -0.376 e. The van der Waals surface area contributed by atoms with Crippen LogP contribution in [0.15, 0.2) is 12.1 Å². The number of ether oxygens (including phenoxy) is 1. The molecule has 2 fully saturated rings. The number of rotatable bonds is 7. The molecule has 2 aliphatic carbocycles. The first kappa shape index (κ1) is 13.6. The molecule has 2 nitrogen and oxygen atoms in total. The fourth-order valence-electron chi connectivity index (χ4n) is 2.81. The van der Waals surface area contributed by atoms with Gasteiger partial charge < -0.3 is 10.1 Å². The van der Waals surface area contributed by atoms with Gasteiger partial charge in [0.1, 0.15) is 0 Å². The highest BCUT2D eigenvalue weighted by Crippen LogP contribution is 2.25. The molecule has 2 aliphatic rings. The molecule has 3 rings (SSSR count). The van der Waals surface area contributed by atoms with Crippen LogP contribution in [-0.4, -0.2) is 12.6 Å². The Morgan fingerprint density at radius 3 is 2.63 bits per heavy atom. The molecular formula is C16H25NOS. The second kappa shape index (κ2) is 6.87. The summed E-state index contributed by atoms with van der Waals surface area (Å²) >= 11 is 1.90. The highest BCUT2D eigenvalue weighted by atomic mass is 32.1. The summed E-state index contributed by atoms with van der Waals surface area (Å²) < 4.78 is 5.90. The van der Waals surface area contributed by atoms with E-state index in [1.165, 1.54) is 54.7 Å². The molecule has 1 aromatic heterocycles. The Hall–Kier alpha value is -0.380. The lowest BCUT2D eigenvalue weighted by molar-refractivity contribution is 0.0755. The summed E-state index contributed by atoms with van der Waals surface area (Å²) in [7, 11) is 0. The smallest absolute Gasteiger partial charge is 0.0809 e. The molecule has 1 heterocycles. The van der Waals surface area contributed by atoms with Crippen molar-refractivity contribution < 1.29 is 4.74 Å². The Balaban J connectivity index is 1.34. The third-order valence-corrected chi connectivity index (χ3v) is 5.24.